The summed E-state index contributed by atoms with van der Waals surface area (Å²) in [7, 11) is -3.64. The molecule has 1 aromatic rings. The summed E-state index contributed by atoms with van der Waals surface area (Å²) in [4.78, 5) is -0.274. The minimum absolute atomic E-state index is 0.131. The summed E-state index contributed by atoms with van der Waals surface area (Å²) in [6.07, 6.45) is 0. The molecule has 0 spiro atoms. The molecule has 0 aliphatic carbocycles. The van der Waals surface area contributed by atoms with Crippen molar-refractivity contribution in [3.8, 4) is 0 Å². The average molecular weight is 273 g/mol. The fourth-order valence-corrected chi connectivity index (χ4v) is 3.20. The number of benzene rings is 1. The molecule has 1 aliphatic rings. The highest BCUT2D eigenvalue weighted by molar-refractivity contribution is 7.92. The lowest BCUT2D eigenvalue weighted by atomic mass is 9.96. The topological polar surface area (TPSA) is 69.4 Å². The molecule has 0 atom stereocenters. The van der Waals surface area contributed by atoms with Crippen molar-refractivity contribution >= 4 is 9.84 Å². The van der Waals surface area contributed by atoms with Crippen LogP contribution in [0.25, 0.3) is 0 Å². The lowest BCUT2D eigenvalue weighted by Crippen LogP contribution is -2.41. The summed E-state index contributed by atoms with van der Waals surface area (Å²) < 4.78 is 42.9. The predicted molar refractivity (Wildman–Crippen MR) is 65.4 cm³/mol. The Hall–Kier alpha value is -0.980. The molecular formula is C12H16FNO3S. The van der Waals surface area contributed by atoms with Gasteiger partial charge in [0.25, 0.3) is 0 Å². The Morgan fingerprint density at radius 1 is 1.39 bits per heavy atom. The van der Waals surface area contributed by atoms with Gasteiger partial charge in [-0.3, -0.25) is 0 Å². The Kier molecular flexibility index (Phi) is 3.21. The predicted octanol–water partition coefficient (Wildman–Crippen LogP) is 1.19. The van der Waals surface area contributed by atoms with Crippen LogP contribution in [-0.2, 0) is 20.1 Å². The number of sulfone groups is 1. The first-order valence-corrected chi connectivity index (χ1v) is 7.18. The van der Waals surface area contributed by atoms with Crippen LogP contribution in [-0.4, -0.2) is 26.9 Å². The van der Waals surface area contributed by atoms with Crippen LogP contribution in [0, 0.1) is 5.82 Å². The third kappa shape index (κ3) is 2.28. The van der Waals surface area contributed by atoms with E-state index in [-0.39, 0.29) is 18.1 Å². The number of hydrogen-bond donors (Lipinski definition) is 1. The zero-order chi connectivity index (χ0) is 13.6. The lowest BCUT2D eigenvalue weighted by molar-refractivity contribution is 0.0415. The smallest absolute Gasteiger partial charge is 0.188 e. The molecule has 1 heterocycles. The van der Waals surface area contributed by atoms with Crippen LogP contribution in [0.15, 0.2) is 23.1 Å². The standard InChI is InChI=1S/C12H16FNO3S/c1-12(2,14)8-3-4-11(10(13)5-8)18(15,16)9-6-17-7-9/h3-5,9H,6-7,14H2,1-2H3. The van der Waals surface area contributed by atoms with Crippen LogP contribution in [0.5, 0.6) is 0 Å². The highest BCUT2D eigenvalue weighted by Gasteiger charge is 2.36. The first kappa shape index (κ1) is 13.5. The summed E-state index contributed by atoms with van der Waals surface area (Å²) >= 11 is 0. The highest BCUT2D eigenvalue weighted by Crippen LogP contribution is 2.27. The van der Waals surface area contributed by atoms with Gasteiger partial charge in [-0.15, -0.1) is 0 Å². The number of halogens is 1. The first-order chi connectivity index (χ1) is 8.23. The summed E-state index contributed by atoms with van der Waals surface area (Å²) in [5.74, 6) is -0.752. The number of ether oxygens (including phenoxy) is 1. The molecule has 1 saturated heterocycles. The molecule has 0 saturated carbocycles. The quantitative estimate of drug-likeness (QED) is 0.898. The van der Waals surface area contributed by atoms with Crippen LogP contribution >= 0.6 is 0 Å². The van der Waals surface area contributed by atoms with E-state index in [1.54, 1.807) is 19.9 Å². The SMILES string of the molecule is CC(C)(N)c1ccc(S(=O)(=O)C2COC2)c(F)c1. The number of nitrogens with two attached hydrogens (primary N) is 1. The molecular weight excluding hydrogens is 257 g/mol. The van der Waals surface area contributed by atoms with Crippen LogP contribution < -0.4 is 5.73 Å². The monoisotopic (exact) mass is 273 g/mol. The first-order valence-electron chi connectivity index (χ1n) is 5.63. The van der Waals surface area contributed by atoms with Gasteiger partial charge in [0, 0.05) is 5.54 Å². The summed E-state index contributed by atoms with van der Waals surface area (Å²) in [5, 5.41) is -0.635. The van der Waals surface area contributed by atoms with E-state index in [1.165, 1.54) is 12.1 Å². The van der Waals surface area contributed by atoms with Gasteiger partial charge in [0.2, 0.25) is 0 Å². The second kappa shape index (κ2) is 4.29. The largest absolute Gasteiger partial charge is 0.379 e. The third-order valence-corrected chi connectivity index (χ3v) is 5.12. The summed E-state index contributed by atoms with van der Waals surface area (Å²) in [6, 6.07) is 4.02. The van der Waals surface area contributed by atoms with Gasteiger partial charge in [0.15, 0.2) is 9.84 Å². The van der Waals surface area contributed by atoms with Gasteiger partial charge in [-0.2, -0.15) is 0 Å². The second-order valence-corrected chi connectivity index (χ2v) is 7.27. The fraction of sp³-hybridized carbons (Fsp3) is 0.500. The van der Waals surface area contributed by atoms with Crippen molar-refractivity contribution in [3.05, 3.63) is 29.6 Å². The molecule has 0 unspecified atom stereocenters. The molecule has 1 aromatic carbocycles. The molecule has 1 aliphatic heterocycles. The number of rotatable bonds is 3. The molecule has 0 bridgehead atoms. The molecule has 0 aromatic heterocycles. The maximum Gasteiger partial charge on any atom is 0.188 e. The normalized spacial score (nSPS) is 17.6. The minimum atomic E-state index is -3.64. The van der Waals surface area contributed by atoms with E-state index in [1.807, 2.05) is 0 Å². The summed E-state index contributed by atoms with van der Waals surface area (Å²) in [6.45, 7) is 3.73. The molecule has 100 valence electrons. The van der Waals surface area contributed by atoms with Crippen molar-refractivity contribution in [2.75, 3.05) is 13.2 Å². The van der Waals surface area contributed by atoms with E-state index in [4.69, 9.17) is 10.5 Å². The fourth-order valence-electron chi connectivity index (χ4n) is 1.71. The third-order valence-electron chi connectivity index (χ3n) is 3.03. The van der Waals surface area contributed by atoms with E-state index < -0.39 is 26.4 Å². The van der Waals surface area contributed by atoms with E-state index in [9.17, 15) is 12.8 Å². The Morgan fingerprint density at radius 2 is 2.00 bits per heavy atom. The summed E-state index contributed by atoms with van der Waals surface area (Å²) in [5.41, 5.74) is 5.70. The molecule has 0 radical (unpaired) electrons. The number of hydrogen-bond acceptors (Lipinski definition) is 4. The van der Waals surface area contributed by atoms with Crippen molar-refractivity contribution in [3.63, 3.8) is 0 Å². The van der Waals surface area contributed by atoms with Gasteiger partial charge >= 0.3 is 0 Å². The van der Waals surface area contributed by atoms with Crippen LogP contribution in [0.2, 0.25) is 0 Å². The van der Waals surface area contributed by atoms with Crippen molar-refractivity contribution in [1.29, 1.82) is 0 Å². The molecule has 1 fully saturated rings. The molecule has 2 rings (SSSR count). The molecule has 4 nitrogen and oxygen atoms in total. The molecule has 2 N–H and O–H groups in total. The maximum atomic E-state index is 13.9. The maximum absolute atomic E-state index is 13.9. The van der Waals surface area contributed by atoms with E-state index in [0.29, 0.717) is 5.56 Å². The van der Waals surface area contributed by atoms with E-state index in [2.05, 4.69) is 0 Å². The zero-order valence-corrected chi connectivity index (χ0v) is 11.1. The van der Waals surface area contributed by atoms with Crippen molar-refractivity contribution in [2.45, 2.75) is 29.5 Å². The minimum Gasteiger partial charge on any atom is -0.379 e. The van der Waals surface area contributed by atoms with Gasteiger partial charge in [-0.1, -0.05) is 6.07 Å². The van der Waals surface area contributed by atoms with Gasteiger partial charge in [0.05, 0.1) is 13.2 Å². The Balaban J connectivity index is 2.42. The van der Waals surface area contributed by atoms with Crippen LogP contribution in [0.1, 0.15) is 19.4 Å². The van der Waals surface area contributed by atoms with Crippen molar-refractivity contribution < 1.29 is 17.5 Å². The van der Waals surface area contributed by atoms with Crippen LogP contribution in [0.4, 0.5) is 4.39 Å². The van der Waals surface area contributed by atoms with Gasteiger partial charge in [-0.05, 0) is 31.5 Å². The molecule has 6 heteroatoms. The Bertz CT molecular complexity index is 559. The van der Waals surface area contributed by atoms with E-state index >= 15 is 0 Å². The van der Waals surface area contributed by atoms with Gasteiger partial charge in [0.1, 0.15) is 16.0 Å². The van der Waals surface area contributed by atoms with Gasteiger partial charge < -0.3 is 10.5 Å². The zero-order valence-electron chi connectivity index (χ0n) is 10.3. The van der Waals surface area contributed by atoms with Crippen molar-refractivity contribution in [1.82, 2.24) is 0 Å². The van der Waals surface area contributed by atoms with Crippen LogP contribution in [0.3, 0.4) is 0 Å². The van der Waals surface area contributed by atoms with Crippen molar-refractivity contribution in [2.24, 2.45) is 5.73 Å². The van der Waals surface area contributed by atoms with Gasteiger partial charge in [-0.25, -0.2) is 12.8 Å². The average Bonchev–Trinajstić information content (AvgIpc) is 2.11. The molecule has 0 amide bonds. The highest BCUT2D eigenvalue weighted by atomic mass is 32.2. The second-order valence-electron chi connectivity index (χ2n) is 5.07. The Morgan fingerprint density at radius 3 is 2.39 bits per heavy atom. The Labute approximate surface area is 106 Å². The van der Waals surface area contributed by atoms with E-state index in [0.717, 1.165) is 0 Å². The lowest BCUT2D eigenvalue weighted by Gasteiger charge is -2.26. The molecule has 18 heavy (non-hydrogen) atoms.